The fourth-order valence-electron chi connectivity index (χ4n) is 1.47. The molecule has 0 saturated carbocycles. The van der Waals surface area contributed by atoms with Crippen LogP contribution in [0.4, 0.5) is 17.6 Å². The third-order valence-electron chi connectivity index (χ3n) is 2.36. The van der Waals surface area contributed by atoms with Crippen molar-refractivity contribution in [1.82, 2.24) is 0 Å². The lowest BCUT2D eigenvalue weighted by atomic mass is 10.2. The Hall–Kier alpha value is -1.56. The van der Waals surface area contributed by atoms with Gasteiger partial charge in [0.25, 0.3) is 0 Å². The SMILES string of the molecule is Fc1cc(F)cc(OCc2c(F)ccc(Br)c2F)c1. The fraction of sp³-hybridized carbons (Fsp3) is 0.0769. The molecule has 6 heteroatoms. The van der Waals surface area contributed by atoms with E-state index < -0.39 is 29.9 Å². The van der Waals surface area contributed by atoms with Gasteiger partial charge in [0.2, 0.25) is 0 Å². The van der Waals surface area contributed by atoms with Gasteiger partial charge in [-0.25, -0.2) is 17.6 Å². The van der Waals surface area contributed by atoms with E-state index in [0.717, 1.165) is 18.2 Å². The molecule has 0 spiro atoms. The van der Waals surface area contributed by atoms with Crippen LogP contribution in [0.25, 0.3) is 0 Å². The summed E-state index contributed by atoms with van der Waals surface area (Å²) in [7, 11) is 0. The van der Waals surface area contributed by atoms with Crippen molar-refractivity contribution >= 4 is 15.9 Å². The van der Waals surface area contributed by atoms with Crippen LogP contribution in [0, 0.1) is 23.3 Å². The summed E-state index contributed by atoms with van der Waals surface area (Å²) in [4.78, 5) is 0. The van der Waals surface area contributed by atoms with Crippen LogP contribution in [0.2, 0.25) is 0 Å². The zero-order chi connectivity index (χ0) is 14.0. The molecule has 0 amide bonds. The van der Waals surface area contributed by atoms with E-state index in [9.17, 15) is 17.6 Å². The summed E-state index contributed by atoms with van der Waals surface area (Å²) in [5.74, 6) is -3.40. The Balaban J connectivity index is 2.21. The van der Waals surface area contributed by atoms with Crippen LogP contribution in [0.15, 0.2) is 34.8 Å². The van der Waals surface area contributed by atoms with Crippen LogP contribution >= 0.6 is 15.9 Å². The molecular formula is C13H7BrF4O. The molecule has 2 aromatic rings. The van der Waals surface area contributed by atoms with Gasteiger partial charge < -0.3 is 4.74 Å². The second-order valence-electron chi connectivity index (χ2n) is 3.72. The van der Waals surface area contributed by atoms with Crippen molar-refractivity contribution in [3.8, 4) is 5.75 Å². The molecule has 0 aromatic heterocycles. The van der Waals surface area contributed by atoms with Gasteiger partial charge in [-0.1, -0.05) is 0 Å². The normalized spacial score (nSPS) is 10.6. The monoisotopic (exact) mass is 334 g/mol. The first-order valence-corrected chi connectivity index (χ1v) is 5.98. The topological polar surface area (TPSA) is 9.23 Å². The second kappa shape index (κ2) is 5.61. The molecule has 0 saturated heterocycles. The maximum absolute atomic E-state index is 13.6. The van der Waals surface area contributed by atoms with Gasteiger partial charge in [0, 0.05) is 18.2 Å². The Kier molecular flexibility index (Phi) is 4.09. The van der Waals surface area contributed by atoms with Crippen molar-refractivity contribution in [3.05, 3.63) is 63.6 Å². The third-order valence-corrected chi connectivity index (χ3v) is 2.97. The summed E-state index contributed by atoms with van der Waals surface area (Å²) >= 11 is 2.91. The van der Waals surface area contributed by atoms with E-state index in [-0.39, 0.29) is 15.8 Å². The van der Waals surface area contributed by atoms with Gasteiger partial charge >= 0.3 is 0 Å². The van der Waals surface area contributed by atoms with Gasteiger partial charge in [0.15, 0.2) is 0 Å². The zero-order valence-corrected chi connectivity index (χ0v) is 11.0. The molecule has 0 atom stereocenters. The molecule has 0 aliphatic rings. The van der Waals surface area contributed by atoms with Gasteiger partial charge in [0.1, 0.15) is 35.6 Å². The lowest BCUT2D eigenvalue weighted by molar-refractivity contribution is 0.289. The molecule has 2 aromatic carbocycles. The van der Waals surface area contributed by atoms with Crippen LogP contribution in [0.1, 0.15) is 5.56 Å². The minimum Gasteiger partial charge on any atom is -0.488 e. The number of benzene rings is 2. The third kappa shape index (κ3) is 3.26. The first-order chi connectivity index (χ1) is 8.97. The Labute approximate surface area is 114 Å². The van der Waals surface area contributed by atoms with Gasteiger partial charge in [0.05, 0.1) is 10.0 Å². The highest BCUT2D eigenvalue weighted by molar-refractivity contribution is 9.10. The quantitative estimate of drug-likeness (QED) is 0.589. The lowest BCUT2D eigenvalue weighted by Crippen LogP contribution is -2.03. The molecule has 0 bridgehead atoms. The predicted molar refractivity (Wildman–Crippen MR) is 64.7 cm³/mol. The predicted octanol–water partition coefficient (Wildman–Crippen LogP) is 4.58. The Morgan fingerprint density at radius 1 is 0.947 bits per heavy atom. The molecule has 0 aliphatic heterocycles. The van der Waals surface area contributed by atoms with Crippen molar-refractivity contribution < 1.29 is 22.3 Å². The molecular weight excluding hydrogens is 328 g/mol. The minimum absolute atomic E-state index is 0.0814. The minimum atomic E-state index is -0.829. The van der Waals surface area contributed by atoms with Gasteiger partial charge in [-0.2, -0.15) is 0 Å². The molecule has 19 heavy (non-hydrogen) atoms. The summed E-state index contributed by atoms with van der Waals surface area (Å²) in [5.41, 5.74) is -0.320. The molecule has 0 heterocycles. The highest BCUT2D eigenvalue weighted by Crippen LogP contribution is 2.23. The van der Waals surface area contributed by atoms with E-state index in [1.807, 2.05) is 0 Å². The fourth-order valence-corrected chi connectivity index (χ4v) is 1.84. The van der Waals surface area contributed by atoms with Crippen molar-refractivity contribution in [2.45, 2.75) is 6.61 Å². The molecule has 0 unspecified atom stereocenters. The number of rotatable bonds is 3. The summed E-state index contributed by atoms with van der Waals surface area (Å²) in [6.07, 6.45) is 0. The summed E-state index contributed by atoms with van der Waals surface area (Å²) in [5, 5.41) is 0. The average molecular weight is 335 g/mol. The first-order valence-electron chi connectivity index (χ1n) is 5.18. The van der Waals surface area contributed by atoms with Crippen LogP contribution in [-0.2, 0) is 6.61 Å². The Morgan fingerprint density at radius 3 is 2.21 bits per heavy atom. The first kappa shape index (κ1) is 13.9. The lowest BCUT2D eigenvalue weighted by Gasteiger charge is -2.09. The van der Waals surface area contributed by atoms with E-state index >= 15 is 0 Å². The van der Waals surface area contributed by atoms with Crippen LogP contribution < -0.4 is 4.74 Å². The average Bonchev–Trinajstić information content (AvgIpc) is 2.33. The van der Waals surface area contributed by atoms with Crippen LogP contribution in [0.3, 0.4) is 0 Å². The van der Waals surface area contributed by atoms with E-state index in [1.165, 1.54) is 6.07 Å². The summed E-state index contributed by atoms with van der Waals surface area (Å²) in [6.45, 7) is -0.472. The van der Waals surface area contributed by atoms with Gasteiger partial charge in [-0.15, -0.1) is 0 Å². The number of halogens is 5. The van der Waals surface area contributed by atoms with Crippen LogP contribution in [-0.4, -0.2) is 0 Å². The van der Waals surface area contributed by atoms with Crippen molar-refractivity contribution in [1.29, 1.82) is 0 Å². The van der Waals surface area contributed by atoms with Gasteiger partial charge in [-0.05, 0) is 28.1 Å². The number of ether oxygens (including phenoxy) is 1. The molecule has 0 fully saturated rings. The standard InChI is InChI=1S/C13H7BrF4O/c14-11-1-2-12(17)10(13(11)18)6-19-9-4-7(15)3-8(16)5-9/h1-5H,6H2. The van der Waals surface area contributed by atoms with E-state index in [0.29, 0.717) is 6.07 Å². The van der Waals surface area contributed by atoms with Gasteiger partial charge in [-0.3, -0.25) is 0 Å². The maximum atomic E-state index is 13.6. The molecule has 2 rings (SSSR count). The molecule has 100 valence electrons. The highest BCUT2D eigenvalue weighted by atomic mass is 79.9. The van der Waals surface area contributed by atoms with Crippen molar-refractivity contribution in [3.63, 3.8) is 0 Å². The Bertz CT molecular complexity index is 596. The van der Waals surface area contributed by atoms with E-state index in [4.69, 9.17) is 4.74 Å². The van der Waals surface area contributed by atoms with Crippen molar-refractivity contribution in [2.24, 2.45) is 0 Å². The smallest absolute Gasteiger partial charge is 0.146 e. The molecule has 0 N–H and O–H groups in total. The summed E-state index contributed by atoms with van der Waals surface area (Å²) in [6, 6.07) is 4.81. The Morgan fingerprint density at radius 2 is 1.58 bits per heavy atom. The largest absolute Gasteiger partial charge is 0.488 e. The maximum Gasteiger partial charge on any atom is 0.146 e. The molecule has 0 aliphatic carbocycles. The summed E-state index contributed by atoms with van der Waals surface area (Å²) < 4.78 is 57.9. The van der Waals surface area contributed by atoms with Crippen molar-refractivity contribution in [2.75, 3.05) is 0 Å². The number of hydrogen-bond donors (Lipinski definition) is 0. The molecule has 0 radical (unpaired) electrons. The number of hydrogen-bond acceptors (Lipinski definition) is 1. The zero-order valence-electron chi connectivity index (χ0n) is 9.39. The van der Waals surface area contributed by atoms with E-state index in [1.54, 1.807) is 0 Å². The molecule has 1 nitrogen and oxygen atoms in total. The highest BCUT2D eigenvalue weighted by Gasteiger charge is 2.13. The van der Waals surface area contributed by atoms with E-state index in [2.05, 4.69) is 15.9 Å². The second-order valence-corrected chi connectivity index (χ2v) is 4.57. The van der Waals surface area contributed by atoms with Crippen LogP contribution in [0.5, 0.6) is 5.75 Å².